The first kappa shape index (κ1) is 20.3. The fourth-order valence-electron chi connectivity index (χ4n) is 3.47. The molecule has 3 amide bonds. The van der Waals surface area contributed by atoms with E-state index in [9.17, 15) is 9.59 Å². The van der Waals surface area contributed by atoms with Crippen LogP contribution in [0.25, 0.3) is 0 Å². The molecule has 0 saturated heterocycles. The molecule has 1 atom stereocenters. The SMILES string of the molecule is NC(=O)NC(=O)[C@@H](NCCC(c1ccccc1)c1ccccc1)c1ccccc1. The highest BCUT2D eigenvalue weighted by molar-refractivity contribution is 5.96. The van der Waals surface area contributed by atoms with Crippen LogP contribution in [0.15, 0.2) is 91.0 Å². The maximum Gasteiger partial charge on any atom is 0.318 e. The lowest BCUT2D eigenvalue weighted by molar-refractivity contribution is -0.122. The summed E-state index contributed by atoms with van der Waals surface area (Å²) in [5.41, 5.74) is 8.36. The van der Waals surface area contributed by atoms with Crippen molar-refractivity contribution in [1.29, 1.82) is 0 Å². The summed E-state index contributed by atoms with van der Waals surface area (Å²) >= 11 is 0. The molecular weight excluding hydrogens is 362 g/mol. The van der Waals surface area contributed by atoms with Crippen LogP contribution in [0.2, 0.25) is 0 Å². The smallest absolute Gasteiger partial charge is 0.318 e. The van der Waals surface area contributed by atoms with E-state index in [0.29, 0.717) is 6.54 Å². The Hall–Kier alpha value is -3.44. The standard InChI is InChI=1S/C24H25N3O2/c25-24(29)27-23(28)22(20-14-8-3-9-15-20)26-17-16-21(18-10-4-1-5-11-18)19-12-6-2-7-13-19/h1-15,21-22,26H,16-17H2,(H3,25,27,28,29)/t22-/m0/s1. The van der Waals surface area contributed by atoms with Gasteiger partial charge in [0.05, 0.1) is 0 Å². The maximum absolute atomic E-state index is 12.5. The van der Waals surface area contributed by atoms with Crippen molar-refractivity contribution in [2.45, 2.75) is 18.4 Å². The van der Waals surface area contributed by atoms with Crippen molar-refractivity contribution in [3.05, 3.63) is 108 Å². The average Bonchev–Trinajstić information content (AvgIpc) is 2.75. The summed E-state index contributed by atoms with van der Waals surface area (Å²) in [5, 5.41) is 5.47. The number of hydrogen-bond donors (Lipinski definition) is 3. The number of nitrogens with two attached hydrogens (primary N) is 1. The van der Waals surface area contributed by atoms with Crippen LogP contribution in [0.1, 0.15) is 35.1 Å². The van der Waals surface area contributed by atoms with E-state index in [2.05, 4.69) is 34.9 Å². The Morgan fingerprint density at radius 3 is 1.62 bits per heavy atom. The monoisotopic (exact) mass is 387 g/mol. The minimum Gasteiger partial charge on any atom is -0.351 e. The average molecular weight is 387 g/mol. The van der Waals surface area contributed by atoms with Crippen molar-refractivity contribution < 1.29 is 9.59 Å². The Morgan fingerprint density at radius 1 is 0.724 bits per heavy atom. The second kappa shape index (κ2) is 10.2. The summed E-state index contributed by atoms with van der Waals surface area (Å²) in [6, 6.07) is 28.4. The van der Waals surface area contributed by atoms with E-state index in [1.165, 1.54) is 11.1 Å². The fraction of sp³-hybridized carbons (Fsp3) is 0.167. The fourth-order valence-corrected chi connectivity index (χ4v) is 3.47. The molecule has 3 aromatic rings. The molecule has 0 bridgehead atoms. The van der Waals surface area contributed by atoms with Crippen molar-refractivity contribution in [2.24, 2.45) is 5.73 Å². The van der Waals surface area contributed by atoms with Crippen LogP contribution in [-0.4, -0.2) is 18.5 Å². The number of amides is 3. The lowest BCUT2D eigenvalue weighted by atomic mass is 9.88. The van der Waals surface area contributed by atoms with Crippen LogP contribution in [0.5, 0.6) is 0 Å². The van der Waals surface area contributed by atoms with Crippen molar-refractivity contribution >= 4 is 11.9 Å². The van der Waals surface area contributed by atoms with Crippen molar-refractivity contribution in [2.75, 3.05) is 6.54 Å². The number of primary amides is 1. The van der Waals surface area contributed by atoms with Crippen LogP contribution in [0, 0.1) is 0 Å². The van der Waals surface area contributed by atoms with Crippen molar-refractivity contribution in [3.63, 3.8) is 0 Å². The molecule has 0 fully saturated rings. The summed E-state index contributed by atoms with van der Waals surface area (Å²) < 4.78 is 0. The number of nitrogens with one attached hydrogen (secondary N) is 2. The van der Waals surface area contributed by atoms with Gasteiger partial charge in [-0.05, 0) is 29.7 Å². The minimum absolute atomic E-state index is 0.195. The van der Waals surface area contributed by atoms with Gasteiger partial charge in [0.15, 0.2) is 0 Å². The summed E-state index contributed by atoms with van der Waals surface area (Å²) in [7, 11) is 0. The predicted molar refractivity (Wildman–Crippen MR) is 114 cm³/mol. The van der Waals surface area contributed by atoms with Gasteiger partial charge in [-0.25, -0.2) is 4.79 Å². The number of hydrogen-bond acceptors (Lipinski definition) is 3. The molecule has 3 rings (SSSR count). The molecule has 3 aromatic carbocycles. The Balaban J connectivity index is 1.75. The first-order valence-electron chi connectivity index (χ1n) is 9.63. The first-order valence-corrected chi connectivity index (χ1v) is 9.63. The van der Waals surface area contributed by atoms with Gasteiger partial charge in [-0.3, -0.25) is 10.1 Å². The summed E-state index contributed by atoms with van der Waals surface area (Å²) in [4.78, 5) is 23.7. The molecule has 148 valence electrons. The van der Waals surface area contributed by atoms with E-state index in [-0.39, 0.29) is 5.92 Å². The zero-order valence-electron chi connectivity index (χ0n) is 16.1. The molecule has 0 aliphatic carbocycles. The zero-order valence-corrected chi connectivity index (χ0v) is 16.1. The second-order valence-electron chi connectivity index (χ2n) is 6.81. The third-order valence-corrected chi connectivity index (χ3v) is 4.83. The Labute approximate surface area is 170 Å². The first-order chi connectivity index (χ1) is 14.1. The number of benzene rings is 3. The van der Waals surface area contributed by atoms with Gasteiger partial charge in [-0.2, -0.15) is 0 Å². The van der Waals surface area contributed by atoms with Gasteiger partial charge >= 0.3 is 6.03 Å². The van der Waals surface area contributed by atoms with Crippen LogP contribution in [-0.2, 0) is 4.79 Å². The van der Waals surface area contributed by atoms with Crippen LogP contribution < -0.4 is 16.4 Å². The Kier molecular flexibility index (Phi) is 7.14. The summed E-state index contributed by atoms with van der Waals surface area (Å²) in [5.74, 6) is -0.264. The van der Waals surface area contributed by atoms with E-state index in [4.69, 9.17) is 5.73 Å². The lowest BCUT2D eigenvalue weighted by Gasteiger charge is -2.22. The molecule has 0 saturated carbocycles. The minimum atomic E-state index is -0.857. The quantitative estimate of drug-likeness (QED) is 0.551. The molecule has 0 spiro atoms. The van der Waals surface area contributed by atoms with Gasteiger partial charge < -0.3 is 11.1 Å². The lowest BCUT2D eigenvalue weighted by Crippen LogP contribution is -2.43. The van der Waals surface area contributed by atoms with Crippen molar-refractivity contribution in [3.8, 4) is 0 Å². The largest absolute Gasteiger partial charge is 0.351 e. The second-order valence-corrected chi connectivity index (χ2v) is 6.81. The van der Waals surface area contributed by atoms with E-state index in [1.807, 2.05) is 66.7 Å². The molecule has 0 aromatic heterocycles. The third-order valence-electron chi connectivity index (χ3n) is 4.83. The molecular formula is C24H25N3O2. The predicted octanol–water partition coefficient (Wildman–Crippen LogP) is 3.73. The van der Waals surface area contributed by atoms with E-state index in [0.717, 1.165) is 12.0 Å². The third kappa shape index (κ3) is 5.77. The van der Waals surface area contributed by atoms with Crippen LogP contribution in [0.3, 0.4) is 0 Å². The van der Waals surface area contributed by atoms with Gasteiger partial charge in [-0.15, -0.1) is 0 Å². The van der Waals surface area contributed by atoms with Crippen LogP contribution >= 0.6 is 0 Å². The zero-order chi connectivity index (χ0) is 20.5. The molecule has 0 heterocycles. The molecule has 0 radical (unpaired) electrons. The van der Waals surface area contributed by atoms with E-state index >= 15 is 0 Å². The Morgan fingerprint density at radius 2 is 1.17 bits per heavy atom. The molecule has 0 aliphatic heterocycles. The molecule has 5 heteroatoms. The normalized spacial score (nSPS) is 11.8. The number of imide groups is 1. The van der Waals surface area contributed by atoms with Gasteiger partial charge in [0.1, 0.15) is 6.04 Å². The van der Waals surface area contributed by atoms with Gasteiger partial charge in [-0.1, -0.05) is 91.0 Å². The highest BCUT2D eigenvalue weighted by Gasteiger charge is 2.22. The number of carbonyl (C=O) groups excluding carboxylic acids is 2. The summed E-state index contributed by atoms with van der Waals surface area (Å²) in [6.07, 6.45) is 0.793. The van der Waals surface area contributed by atoms with Gasteiger partial charge in [0.2, 0.25) is 5.91 Å². The molecule has 0 aliphatic rings. The topological polar surface area (TPSA) is 84.2 Å². The van der Waals surface area contributed by atoms with Gasteiger partial charge in [0, 0.05) is 5.92 Å². The maximum atomic E-state index is 12.5. The van der Waals surface area contributed by atoms with E-state index in [1.54, 1.807) is 0 Å². The number of rotatable bonds is 8. The molecule has 4 N–H and O–H groups in total. The highest BCUT2D eigenvalue weighted by Crippen LogP contribution is 2.27. The number of urea groups is 1. The number of carbonyl (C=O) groups is 2. The van der Waals surface area contributed by atoms with Crippen molar-refractivity contribution in [1.82, 2.24) is 10.6 Å². The molecule has 29 heavy (non-hydrogen) atoms. The highest BCUT2D eigenvalue weighted by atomic mass is 16.2. The van der Waals surface area contributed by atoms with Crippen LogP contribution in [0.4, 0.5) is 4.79 Å². The Bertz CT molecular complexity index is 875. The molecule has 0 unspecified atom stereocenters. The van der Waals surface area contributed by atoms with Gasteiger partial charge in [0.25, 0.3) is 0 Å². The van der Waals surface area contributed by atoms with E-state index < -0.39 is 18.0 Å². The molecule has 5 nitrogen and oxygen atoms in total. The summed E-state index contributed by atoms with van der Waals surface area (Å²) in [6.45, 7) is 0.584.